The molecule has 1 heterocycles. The zero-order valence-corrected chi connectivity index (χ0v) is 25.8. The zero-order chi connectivity index (χ0) is 29.5. The lowest BCUT2D eigenvalue weighted by Gasteiger charge is -2.32. The van der Waals surface area contributed by atoms with Crippen LogP contribution in [0.4, 0.5) is 0 Å². The van der Waals surface area contributed by atoms with Gasteiger partial charge in [-0.3, -0.25) is 13.8 Å². The molecule has 1 atom stereocenters. The maximum atomic E-state index is 13.9. The Morgan fingerprint density at radius 3 is 2.33 bits per heavy atom. The first-order valence-corrected chi connectivity index (χ1v) is 16.5. The highest BCUT2D eigenvalue weighted by atomic mass is 32.2. The standard InChI is InChI=1S/C32H46N2O5S/c1-31(2,3)19-40(7,38)26-14-13-21(18-24(26)32(4,5)6)27-25(15-20-11-9-8-10-12-20)34-29(39-27)28(35)33-23-16-22(17-23)30(36)37/h13-14,18,20,22-23H,7-12,15-17,19H2,1-6H3,(H,33,35)(H,36,37). The highest BCUT2D eigenvalue weighted by molar-refractivity contribution is 8.00. The van der Waals surface area contributed by atoms with E-state index in [0.717, 1.165) is 41.0 Å². The Bertz CT molecular complexity index is 1350. The predicted octanol–water partition coefficient (Wildman–Crippen LogP) is 6.48. The van der Waals surface area contributed by atoms with Crippen LogP contribution in [0, 0.1) is 17.3 Å². The van der Waals surface area contributed by atoms with Gasteiger partial charge in [-0.2, -0.15) is 0 Å². The summed E-state index contributed by atoms with van der Waals surface area (Å²) in [5.74, 6) is 4.08. The van der Waals surface area contributed by atoms with Crippen LogP contribution in [-0.2, 0) is 26.2 Å². The van der Waals surface area contributed by atoms with Crippen LogP contribution in [0.15, 0.2) is 27.5 Å². The van der Waals surface area contributed by atoms with Crippen molar-refractivity contribution >= 4 is 27.3 Å². The Balaban J connectivity index is 1.71. The topological polar surface area (TPSA) is 110 Å². The molecular weight excluding hydrogens is 524 g/mol. The van der Waals surface area contributed by atoms with Gasteiger partial charge in [-0.15, -0.1) is 0 Å². The minimum Gasteiger partial charge on any atom is -0.481 e. The molecule has 0 radical (unpaired) electrons. The molecule has 1 amide bonds. The van der Waals surface area contributed by atoms with Crippen molar-refractivity contribution in [2.45, 2.75) is 109 Å². The van der Waals surface area contributed by atoms with Crippen LogP contribution in [-0.4, -0.2) is 43.8 Å². The lowest BCUT2D eigenvalue weighted by Crippen LogP contribution is -2.46. The predicted molar refractivity (Wildman–Crippen MR) is 160 cm³/mol. The van der Waals surface area contributed by atoms with Crippen molar-refractivity contribution in [2.75, 3.05) is 5.75 Å². The summed E-state index contributed by atoms with van der Waals surface area (Å²) < 4.78 is 20.1. The van der Waals surface area contributed by atoms with Crippen molar-refractivity contribution in [1.82, 2.24) is 10.3 Å². The fraction of sp³-hybridized carbons (Fsp3) is 0.625. The number of benzene rings is 1. The molecule has 1 unspecified atom stereocenters. The molecule has 2 N–H and O–H groups in total. The first kappa shape index (κ1) is 30.4. The average Bonchev–Trinajstić information content (AvgIpc) is 3.22. The summed E-state index contributed by atoms with van der Waals surface area (Å²) in [4.78, 5) is 29.7. The SMILES string of the molecule is C=S(=O)(CC(C)(C)C)c1ccc(-c2oc(C(=O)NC3CC(C(=O)O)C3)nc2CC2CCCCC2)cc1C(C)(C)C. The van der Waals surface area contributed by atoms with Crippen molar-refractivity contribution in [3.05, 3.63) is 35.3 Å². The van der Waals surface area contributed by atoms with Gasteiger partial charge in [0.15, 0.2) is 5.76 Å². The Kier molecular flexibility index (Phi) is 8.61. The number of amides is 1. The summed E-state index contributed by atoms with van der Waals surface area (Å²) in [6, 6.07) is 5.70. The highest BCUT2D eigenvalue weighted by Crippen LogP contribution is 2.38. The number of carbonyl (C=O) groups is 2. The molecule has 0 bridgehead atoms. The molecule has 2 saturated carbocycles. The fourth-order valence-corrected chi connectivity index (χ4v) is 8.66. The van der Waals surface area contributed by atoms with Crippen LogP contribution in [0.2, 0.25) is 0 Å². The van der Waals surface area contributed by atoms with Gasteiger partial charge in [0.2, 0.25) is 0 Å². The number of hydrogen-bond acceptors (Lipinski definition) is 5. The van der Waals surface area contributed by atoms with E-state index in [0.29, 0.717) is 30.3 Å². The van der Waals surface area contributed by atoms with Crippen LogP contribution in [0.25, 0.3) is 11.3 Å². The van der Waals surface area contributed by atoms with Gasteiger partial charge in [-0.05, 0) is 75.2 Å². The molecule has 4 rings (SSSR count). The summed E-state index contributed by atoms with van der Waals surface area (Å²) >= 11 is 0. The van der Waals surface area contributed by atoms with Crippen LogP contribution >= 0.6 is 0 Å². The van der Waals surface area contributed by atoms with Gasteiger partial charge >= 0.3 is 11.9 Å². The molecule has 8 heteroatoms. The molecule has 1 aromatic carbocycles. The summed E-state index contributed by atoms with van der Waals surface area (Å²) in [6.45, 7) is 12.5. The molecule has 1 aromatic heterocycles. The zero-order valence-electron chi connectivity index (χ0n) is 25.0. The molecule has 0 saturated heterocycles. The number of aliphatic carboxylic acids is 1. The largest absolute Gasteiger partial charge is 0.481 e. The number of nitrogens with zero attached hydrogens (tertiary/aromatic N) is 1. The van der Waals surface area contributed by atoms with Gasteiger partial charge < -0.3 is 14.8 Å². The third kappa shape index (κ3) is 7.17. The van der Waals surface area contributed by atoms with E-state index in [1.807, 2.05) is 18.2 Å². The number of aromatic nitrogens is 1. The Labute approximate surface area is 239 Å². The number of nitrogens with one attached hydrogen (secondary N) is 1. The second-order valence-corrected chi connectivity index (χ2v) is 16.5. The van der Waals surface area contributed by atoms with Gasteiger partial charge in [0, 0.05) is 22.3 Å². The molecule has 2 aliphatic carbocycles. The van der Waals surface area contributed by atoms with E-state index in [-0.39, 0.29) is 22.8 Å². The highest BCUT2D eigenvalue weighted by Gasteiger charge is 2.36. The number of carboxylic acid groups (broad SMARTS) is 1. The van der Waals surface area contributed by atoms with E-state index in [2.05, 4.69) is 52.7 Å². The maximum absolute atomic E-state index is 13.9. The van der Waals surface area contributed by atoms with Crippen molar-refractivity contribution in [3.8, 4) is 11.3 Å². The molecule has 220 valence electrons. The van der Waals surface area contributed by atoms with Crippen LogP contribution in [0.3, 0.4) is 0 Å². The first-order valence-electron chi connectivity index (χ1n) is 14.6. The second-order valence-electron chi connectivity index (χ2n) is 14.2. The monoisotopic (exact) mass is 570 g/mol. The van der Waals surface area contributed by atoms with E-state index in [4.69, 9.17) is 14.5 Å². The lowest BCUT2D eigenvalue weighted by atomic mass is 9.80. The molecule has 0 aliphatic heterocycles. The van der Waals surface area contributed by atoms with Gasteiger partial charge in [-0.1, -0.05) is 73.6 Å². The van der Waals surface area contributed by atoms with Crippen molar-refractivity contribution in [1.29, 1.82) is 0 Å². The molecule has 40 heavy (non-hydrogen) atoms. The smallest absolute Gasteiger partial charge is 0.307 e. The summed E-state index contributed by atoms with van der Waals surface area (Å²) in [7, 11) is -2.54. The van der Waals surface area contributed by atoms with E-state index >= 15 is 0 Å². The second kappa shape index (κ2) is 11.3. The normalized spacial score (nSPS) is 21.9. The fourth-order valence-electron chi connectivity index (χ4n) is 6.02. The minimum absolute atomic E-state index is 0.00894. The third-order valence-electron chi connectivity index (χ3n) is 8.04. The van der Waals surface area contributed by atoms with Crippen molar-refractivity contribution in [3.63, 3.8) is 0 Å². The quantitative estimate of drug-likeness (QED) is 0.352. The number of carboxylic acids is 1. The molecule has 0 spiro atoms. The molecule has 2 aliphatic rings. The van der Waals surface area contributed by atoms with Gasteiger partial charge in [0.05, 0.1) is 11.6 Å². The lowest BCUT2D eigenvalue weighted by molar-refractivity contribution is -0.145. The van der Waals surface area contributed by atoms with Crippen molar-refractivity contribution < 1.29 is 23.3 Å². The van der Waals surface area contributed by atoms with Crippen molar-refractivity contribution in [2.24, 2.45) is 17.3 Å². The Morgan fingerprint density at radius 1 is 1.10 bits per heavy atom. The molecule has 2 aromatic rings. The maximum Gasteiger partial charge on any atom is 0.307 e. The van der Waals surface area contributed by atoms with Crippen LogP contribution < -0.4 is 5.32 Å². The van der Waals surface area contributed by atoms with Gasteiger partial charge in [0.1, 0.15) is 0 Å². The number of oxazole rings is 1. The van der Waals surface area contributed by atoms with E-state index in [1.54, 1.807) is 0 Å². The minimum atomic E-state index is -2.54. The summed E-state index contributed by atoms with van der Waals surface area (Å²) in [5.41, 5.74) is 2.10. The average molecular weight is 571 g/mol. The van der Waals surface area contributed by atoms with E-state index in [9.17, 15) is 13.8 Å². The molecule has 2 fully saturated rings. The Morgan fingerprint density at radius 2 is 1.75 bits per heavy atom. The van der Waals surface area contributed by atoms with Gasteiger partial charge in [0.25, 0.3) is 5.89 Å². The summed E-state index contributed by atoms with van der Waals surface area (Å²) in [5, 5.41) is 12.1. The molecule has 7 nitrogen and oxygen atoms in total. The van der Waals surface area contributed by atoms with Crippen LogP contribution in [0.1, 0.15) is 108 Å². The number of carbonyl (C=O) groups excluding carboxylic acids is 1. The Hall–Kier alpha value is -2.61. The first-order chi connectivity index (χ1) is 18.5. The van der Waals surface area contributed by atoms with E-state index in [1.165, 1.54) is 19.3 Å². The molecular formula is C32H46N2O5S. The van der Waals surface area contributed by atoms with Gasteiger partial charge in [-0.25, -0.2) is 4.98 Å². The van der Waals surface area contributed by atoms with E-state index < -0.39 is 27.3 Å². The third-order valence-corrected chi connectivity index (χ3v) is 10.5. The number of rotatable bonds is 8. The number of hydrogen-bond donors (Lipinski definition) is 2. The van der Waals surface area contributed by atoms with Crippen LogP contribution in [0.5, 0.6) is 0 Å². The summed E-state index contributed by atoms with van der Waals surface area (Å²) in [6.07, 6.45) is 7.49.